The molecule has 1 amide bonds. The van der Waals surface area contributed by atoms with Crippen LogP contribution in [0.15, 0.2) is 0 Å². The largest absolute Gasteiger partial charge is 0.419 e. The highest BCUT2D eigenvalue weighted by molar-refractivity contribution is 5.66. The first kappa shape index (κ1) is 10.2. The van der Waals surface area contributed by atoms with Gasteiger partial charge in [-0.1, -0.05) is 13.8 Å². The smallest absolute Gasteiger partial charge is 0.409 e. The van der Waals surface area contributed by atoms with Gasteiger partial charge in [-0.3, -0.25) is 0 Å². The molecule has 66 valence electrons. The predicted octanol–water partition coefficient (Wildman–Crippen LogP) is 0.971. The maximum atomic E-state index is 10.7. The van der Waals surface area contributed by atoms with Crippen LogP contribution in [0, 0.1) is 5.92 Å². The molecule has 0 aliphatic heterocycles. The van der Waals surface area contributed by atoms with Gasteiger partial charge in [0.2, 0.25) is 6.29 Å². The second-order valence-electron chi connectivity index (χ2n) is 2.50. The maximum absolute atomic E-state index is 10.7. The molecule has 0 saturated carbocycles. The van der Waals surface area contributed by atoms with Crippen molar-refractivity contribution in [3.05, 3.63) is 0 Å². The summed E-state index contributed by atoms with van der Waals surface area (Å²) in [6, 6.07) is 0. The van der Waals surface area contributed by atoms with Gasteiger partial charge in [-0.15, -0.1) is 0 Å². The lowest BCUT2D eigenvalue weighted by molar-refractivity contribution is -0.108. The summed E-state index contributed by atoms with van der Waals surface area (Å²) in [5.41, 5.74) is 0. The molecule has 4 heteroatoms. The standard InChI is InChI=1S/C7H15NO3/c1-5(2)6(10-4)11-7(9)8-3/h5-6H,1-4H3,(H,8,9). The van der Waals surface area contributed by atoms with Gasteiger partial charge in [0.25, 0.3) is 0 Å². The van der Waals surface area contributed by atoms with Crippen molar-refractivity contribution < 1.29 is 14.3 Å². The zero-order chi connectivity index (χ0) is 8.85. The van der Waals surface area contributed by atoms with Crippen LogP contribution < -0.4 is 5.32 Å². The third-order valence-electron chi connectivity index (χ3n) is 1.20. The molecule has 0 saturated heterocycles. The van der Waals surface area contributed by atoms with Crippen LogP contribution in [0.3, 0.4) is 0 Å². The molecular weight excluding hydrogens is 146 g/mol. The Labute approximate surface area is 66.9 Å². The minimum atomic E-state index is -0.467. The molecule has 0 aromatic heterocycles. The van der Waals surface area contributed by atoms with Gasteiger partial charge >= 0.3 is 6.09 Å². The zero-order valence-electron chi connectivity index (χ0n) is 7.38. The Morgan fingerprint density at radius 3 is 2.27 bits per heavy atom. The first-order valence-corrected chi connectivity index (χ1v) is 3.53. The quantitative estimate of drug-likeness (QED) is 0.627. The van der Waals surface area contributed by atoms with Crippen LogP contribution in [-0.2, 0) is 9.47 Å². The van der Waals surface area contributed by atoms with E-state index in [1.807, 2.05) is 13.8 Å². The number of hydrogen-bond acceptors (Lipinski definition) is 3. The molecule has 4 nitrogen and oxygen atoms in total. The summed E-state index contributed by atoms with van der Waals surface area (Å²) in [6.07, 6.45) is -0.930. The fraction of sp³-hybridized carbons (Fsp3) is 0.857. The zero-order valence-corrected chi connectivity index (χ0v) is 7.38. The number of alkyl carbamates (subject to hydrolysis) is 1. The molecule has 1 unspecified atom stereocenters. The van der Waals surface area contributed by atoms with Crippen molar-refractivity contribution in [2.75, 3.05) is 14.2 Å². The molecule has 1 atom stereocenters. The number of nitrogens with one attached hydrogen (secondary N) is 1. The summed E-state index contributed by atoms with van der Waals surface area (Å²) in [5.74, 6) is 0.164. The van der Waals surface area contributed by atoms with Crippen LogP contribution in [0.2, 0.25) is 0 Å². The van der Waals surface area contributed by atoms with Gasteiger partial charge in [-0.05, 0) is 0 Å². The second kappa shape index (κ2) is 4.96. The Balaban J connectivity index is 3.78. The summed E-state index contributed by atoms with van der Waals surface area (Å²) in [5, 5.41) is 2.34. The molecule has 0 aliphatic rings. The number of methoxy groups -OCH3 is 1. The van der Waals surface area contributed by atoms with Crippen LogP contribution in [0.5, 0.6) is 0 Å². The van der Waals surface area contributed by atoms with E-state index in [1.165, 1.54) is 14.2 Å². The van der Waals surface area contributed by atoms with E-state index in [4.69, 9.17) is 9.47 Å². The van der Waals surface area contributed by atoms with Gasteiger partial charge < -0.3 is 14.8 Å². The highest BCUT2D eigenvalue weighted by atomic mass is 16.7. The van der Waals surface area contributed by atoms with Gasteiger partial charge in [0.15, 0.2) is 0 Å². The lowest BCUT2D eigenvalue weighted by atomic mass is 10.2. The fourth-order valence-corrected chi connectivity index (χ4v) is 0.621. The van der Waals surface area contributed by atoms with Gasteiger partial charge in [0.1, 0.15) is 0 Å². The topological polar surface area (TPSA) is 47.6 Å². The Hall–Kier alpha value is -0.770. The van der Waals surface area contributed by atoms with Crippen LogP contribution >= 0.6 is 0 Å². The van der Waals surface area contributed by atoms with Crippen molar-refractivity contribution in [1.82, 2.24) is 5.32 Å². The summed E-state index contributed by atoms with van der Waals surface area (Å²) in [7, 11) is 3.02. The summed E-state index contributed by atoms with van der Waals surface area (Å²) in [6.45, 7) is 3.83. The summed E-state index contributed by atoms with van der Waals surface area (Å²) >= 11 is 0. The minimum Gasteiger partial charge on any atom is -0.419 e. The molecule has 0 aliphatic carbocycles. The molecule has 0 fully saturated rings. The average molecular weight is 161 g/mol. The van der Waals surface area contributed by atoms with Crippen molar-refractivity contribution >= 4 is 6.09 Å². The third kappa shape index (κ3) is 3.83. The first-order valence-electron chi connectivity index (χ1n) is 3.53. The second-order valence-corrected chi connectivity index (χ2v) is 2.50. The molecule has 0 bridgehead atoms. The third-order valence-corrected chi connectivity index (χ3v) is 1.20. The average Bonchev–Trinajstić information content (AvgIpc) is 1.99. The first-order chi connectivity index (χ1) is 5.11. The highest BCUT2D eigenvalue weighted by Gasteiger charge is 2.15. The Kier molecular flexibility index (Phi) is 4.61. The van der Waals surface area contributed by atoms with Gasteiger partial charge in [0.05, 0.1) is 0 Å². The molecule has 1 N–H and O–H groups in total. The molecule has 0 spiro atoms. The van der Waals surface area contributed by atoms with E-state index >= 15 is 0 Å². The van der Waals surface area contributed by atoms with E-state index in [-0.39, 0.29) is 5.92 Å². The summed E-state index contributed by atoms with van der Waals surface area (Å²) in [4.78, 5) is 10.7. The predicted molar refractivity (Wildman–Crippen MR) is 41.2 cm³/mol. The summed E-state index contributed by atoms with van der Waals surface area (Å²) < 4.78 is 9.74. The van der Waals surface area contributed by atoms with Crippen molar-refractivity contribution in [3.8, 4) is 0 Å². The number of ether oxygens (including phenoxy) is 2. The molecule has 0 heterocycles. The Morgan fingerprint density at radius 2 is 2.00 bits per heavy atom. The minimum absolute atomic E-state index is 0.164. The Bertz CT molecular complexity index is 125. The van der Waals surface area contributed by atoms with E-state index in [1.54, 1.807) is 0 Å². The molecular formula is C7H15NO3. The van der Waals surface area contributed by atoms with Gasteiger partial charge in [-0.2, -0.15) is 0 Å². The van der Waals surface area contributed by atoms with Gasteiger partial charge in [-0.25, -0.2) is 4.79 Å². The van der Waals surface area contributed by atoms with E-state index in [9.17, 15) is 4.79 Å². The number of rotatable bonds is 3. The molecule has 0 aromatic carbocycles. The number of carbonyl (C=O) groups excluding carboxylic acids is 1. The van der Waals surface area contributed by atoms with Gasteiger partial charge in [0, 0.05) is 20.1 Å². The number of carbonyl (C=O) groups is 1. The van der Waals surface area contributed by atoms with Crippen molar-refractivity contribution in [2.45, 2.75) is 20.1 Å². The highest BCUT2D eigenvalue weighted by Crippen LogP contribution is 2.06. The van der Waals surface area contributed by atoms with E-state index in [2.05, 4.69) is 5.32 Å². The van der Waals surface area contributed by atoms with Crippen LogP contribution in [-0.4, -0.2) is 26.5 Å². The van der Waals surface area contributed by atoms with Crippen molar-refractivity contribution in [3.63, 3.8) is 0 Å². The number of hydrogen-bond donors (Lipinski definition) is 1. The van der Waals surface area contributed by atoms with E-state index < -0.39 is 12.4 Å². The van der Waals surface area contributed by atoms with Crippen molar-refractivity contribution in [2.24, 2.45) is 5.92 Å². The lowest BCUT2D eigenvalue weighted by Gasteiger charge is -2.18. The maximum Gasteiger partial charge on any atom is 0.409 e. The Morgan fingerprint density at radius 1 is 1.45 bits per heavy atom. The molecule has 0 aromatic rings. The number of amides is 1. The van der Waals surface area contributed by atoms with Crippen molar-refractivity contribution in [1.29, 1.82) is 0 Å². The van der Waals surface area contributed by atoms with Crippen LogP contribution in [0.1, 0.15) is 13.8 Å². The van der Waals surface area contributed by atoms with Crippen LogP contribution in [0.4, 0.5) is 4.79 Å². The monoisotopic (exact) mass is 161 g/mol. The fourth-order valence-electron chi connectivity index (χ4n) is 0.621. The molecule has 0 rings (SSSR count). The van der Waals surface area contributed by atoms with E-state index in [0.717, 1.165) is 0 Å². The SMILES string of the molecule is CNC(=O)OC(OC)C(C)C. The van der Waals surface area contributed by atoms with Crippen LogP contribution in [0.25, 0.3) is 0 Å². The lowest BCUT2D eigenvalue weighted by Crippen LogP contribution is -2.30. The molecule has 0 radical (unpaired) electrons. The molecule has 11 heavy (non-hydrogen) atoms. The van der Waals surface area contributed by atoms with E-state index in [0.29, 0.717) is 0 Å². The normalized spacial score (nSPS) is 12.8.